The molecular weight excluding hydrogens is 262 g/mol. The Morgan fingerprint density at radius 2 is 2.21 bits per heavy atom. The summed E-state index contributed by atoms with van der Waals surface area (Å²) in [5.74, 6) is 2.12. The zero-order chi connectivity index (χ0) is 14.2. The average molecular weight is 283 g/mol. The van der Waals surface area contributed by atoms with Crippen molar-refractivity contribution in [2.24, 2.45) is 17.9 Å². The van der Waals surface area contributed by atoms with Crippen LogP contribution < -0.4 is 10.6 Å². The number of aromatic nitrogens is 2. The summed E-state index contributed by atoms with van der Waals surface area (Å²) in [7, 11) is 1.89. The van der Waals surface area contributed by atoms with Gasteiger partial charge in [-0.3, -0.25) is 4.68 Å². The molecule has 0 spiro atoms. The monoisotopic (exact) mass is 283 g/mol. The van der Waals surface area contributed by atoms with Gasteiger partial charge in [0.05, 0.1) is 11.3 Å². The van der Waals surface area contributed by atoms with E-state index in [0.717, 1.165) is 35.9 Å². The van der Waals surface area contributed by atoms with Gasteiger partial charge in [0.2, 0.25) is 0 Å². The Hall–Kier alpha value is -1.37. The largest absolute Gasteiger partial charge is 0.409 e. The molecular formula is C12H21N5OS. The molecule has 0 aliphatic carbocycles. The Kier molecular flexibility index (Phi) is 3.66. The predicted molar refractivity (Wildman–Crippen MR) is 79.2 cm³/mol. The van der Waals surface area contributed by atoms with Gasteiger partial charge in [0.25, 0.3) is 0 Å². The van der Waals surface area contributed by atoms with Crippen LogP contribution in [-0.4, -0.2) is 44.4 Å². The standard InChI is InChI=1S/C12H21N5OS/c1-8-9(10(13)15-18)11(16(4)14-8)17-5-6-19-12(2,3)7-17/h18H,5-7H2,1-4H3,(H2,13,15). The molecule has 2 heterocycles. The number of rotatable bonds is 2. The molecule has 0 bridgehead atoms. The molecule has 0 unspecified atom stereocenters. The molecule has 6 nitrogen and oxygen atoms in total. The fourth-order valence-electron chi connectivity index (χ4n) is 2.56. The summed E-state index contributed by atoms with van der Waals surface area (Å²) in [6.07, 6.45) is 0. The maximum atomic E-state index is 8.95. The van der Waals surface area contributed by atoms with E-state index in [0.29, 0.717) is 0 Å². The number of oxime groups is 1. The van der Waals surface area contributed by atoms with Gasteiger partial charge in [0.1, 0.15) is 5.82 Å². The summed E-state index contributed by atoms with van der Waals surface area (Å²) < 4.78 is 2.01. The van der Waals surface area contributed by atoms with Gasteiger partial charge in [0.15, 0.2) is 5.84 Å². The Bertz CT molecular complexity index is 508. The number of amidine groups is 1. The number of nitrogens with two attached hydrogens (primary N) is 1. The van der Waals surface area contributed by atoms with Crippen LogP contribution in [-0.2, 0) is 7.05 Å². The zero-order valence-corrected chi connectivity index (χ0v) is 12.7. The van der Waals surface area contributed by atoms with Gasteiger partial charge in [0, 0.05) is 30.6 Å². The molecule has 0 saturated carbocycles. The lowest BCUT2D eigenvalue weighted by atomic mass is 10.1. The first-order chi connectivity index (χ1) is 8.85. The summed E-state index contributed by atoms with van der Waals surface area (Å²) in [5, 5.41) is 16.5. The second-order valence-electron chi connectivity index (χ2n) is 5.42. The summed E-state index contributed by atoms with van der Waals surface area (Å²) in [6, 6.07) is 0. The van der Waals surface area contributed by atoms with E-state index in [1.807, 2.05) is 30.4 Å². The molecule has 7 heteroatoms. The molecule has 3 N–H and O–H groups in total. The van der Waals surface area contributed by atoms with Gasteiger partial charge in [-0.2, -0.15) is 16.9 Å². The summed E-state index contributed by atoms with van der Waals surface area (Å²) in [5.41, 5.74) is 7.31. The molecule has 0 radical (unpaired) electrons. The first kappa shape index (κ1) is 14.0. The van der Waals surface area contributed by atoms with E-state index in [1.54, 1.807) is 0 Å². The first-order valence-corrected chi connectivity index (χ1v) is 7.24. The van der Waals surface area contributed by atoms with Gasteiger partial charge < -0.3 is 15.8 Å². The average Bonchev–Trinajstić information content (AvgIpc) is 2.62. The van der Waals surface area contributed by atoms with Crippen molar-refractivity contribution in [3.8, 4) is 0 Å². The van der Waals surface area contributed by atoms with Gasteiger partial charge in [-0.15, -0.1) is 0 Å². The first-order valence-electron chi connectivity index (χ1n) is 6.26. The van der Waals surface area contributed by atoms with Crippen LogP contribution in [0.25, 0.3) is 0 Å². The fraction of sp³-hybridized carbons (Fsp3) is 0.667. The van der Waals surface area contributed by atoms with E-state index in [9.17, 15) is 0 Å². The van der Waals surface area contributed by atoms with Crippen LogP contribution in [0.15, 0.2) is 5.16 Å². The molecule has 1 aromatic rings. The van der Waals surface area contributed by atoms with Crippen molar-refractivity contribution in [3.63, 3.8) is 0 Å². The van der Waals surface area contributed by atoms with Crippen LogP contribution in [0, 0.1) is 6.92 Å². The Balaban J connectivity index is 2.44. The zero-order valence-electron chi connectivity index (χ0n) is 11.8. The highest BCUT2D eigenvalue weighted by atomic mass is 32.2. The molecule has 2 rings (SSSR count). The maximum absolute atomic E-state index is 8.95. The number of hydrogen-bond acceptors (Lipinski definition) is 5. The number of thioether (sulfide) groups is 1. The second kappa shape index (κ2) is 4.96. The van der Waals surface area contributed by atoms with Gasteiger partial charge in [-0.1, -0.05) is 5.16 Å². The quantitative estimate of drug-likeness (QED) is 0.368. The minimum Gasteiger partial charge on any atom is -0.409 e. The fourth-order valence-corrected chi connectivity index (χ4v) is 3.67. The van der Waals surface area contributed by atoms with Crippen molar-refractivity contribution < 1.29 is 5.21 Å². The summed E-state index contributed by atoms with van der Waals surface area (Å²) in [6.45, 7) is 8.20. The van der Waals surface area contributed by atoms with Crippen molar-refractivity contribution in [3.05, 3.63) is 11.3 Å². The molecule has 19 heavy (non-hydrogen) atoms. The molecule has 1 fully saturated rings. The molecule has 1 aliphatic heterocycles. The third-order valence-electron chi connectivity index (χ3n) is 3.28. The molecule has 106 valence electrons. The highest BCUT2D eigenvalue weighted by Gasteiger charge is 2.31. The van der Waals surface area contributed by atoms with E-state index < -0.39 is 0 Å². The van der Waals surface area contributed by atoms with Crippen LogP contribution in [0.4, 0.5) is 5.82 Å². The molecule has 1 aliphatic rings. The summed E-state index contributed by atoms with van der Waals surface area (Å²) >= 11 is 1.97. The molecule has 0 atom stereocenters. The second-order valence-corrected chi connectivity index (χ2v) is 7.22. The van der Waals surface area contributed by atoms with Crippen molar-refractivity contribution >= 4 is 23.4 Å². The Labute approximate surface area is 117 Å². The van der Waals surface area contributed by atoms with E-state index in [-0.39, 0.29) is 10.6 Å². The third kappa shape index (κ3) is 2.65. The highest BCUT2D eigenvalue weighted by molar-refractivity contribution is 8.00. The van der Waals surface area contributed by atoms with Crippen LogP contribution in [0.1, 0.15) is 25.1 Å². The lowest BCUT2D eigenvalue weighted by Crippen LogP contribution is -2.44. The smallest absolute Gasteiger partial charge is 0.175 e. The van der Waals surface area contributed by atoms with Gasteiger partial charge in [-0.25, -0.2) is 0 Å². The van der Waals surface area contributed by atoms with Crippen LogP contribution in [0.3, 0.4) is 0 Å². The topological polar surface area (TPSA) is 79.7 Å². The third-order valence-corrected chi connectivity index (χ3v) is 4.58. The van der Waals surface area contributed by atoms with E-state index in [4.69, 9.17) is 10.9 Å². The molecule has 1 saturated heterocycles. The van der Waals surface area contributed by atoms with E-state index >= 15 is 0 Å². The Morgan fingerprint density at radius 3 is 2.79 bits per heavy atom. The van der Waals surface area contributed by atoms with Crippen LogP contribution in [0.5, 0.6) is 0 Å². The van der Waals surface area contributed by atoms with Crippen molar-refractivity contribution in [2.45, 2.75) is 25.5 Å². The van der Waals surface area contributed by atoms with Crippen LogP contribution >= 0.6 is 11.8 Å². The van der Waals surface area contributed by atoms with E-state index in [1.165, 1.54) is 0 Å². The lowest BCUT2D eigenvalue weighted by Gasteiger charge is -2.39. The minimum atomic E-state index is 0.122. The van der Waals surface area contributed by atoms with Gasteiger partial charge in [-0.05, 0) is 20.8 Å². The number of nitrogens with zero attached hydrogens (tertiary/aromatic N) is 4. The molecule has 1 aromatic heterocycles. The van der Waals surface area contributed by atoms with Crippen molar-refractivity contribution in [1.29, 1.82) is 0 Å². The number of aryl methyl sites for hydroxylation is 2. The van der Waals surface area contributed by atoms with Gasteiger partial charge >= 0.3 is 0 Å². The highest BCUT2D eigenvalue weighted by Crippen LogP contribution is 2.34. The lowest BCUT2D eigenvalue weighted by molar-refractivity contribution is 0.318. The predicted octanol–water partition coefficient (Wildman–Crippen LogP) is 1.15. The van der Waals surface area contributed by atoms with E-state index in [2.05, 4.69) is 29.0 Å². The molecule has 0 amide bonds. The maximum Gasteiger partial charge on any atom is 0.175 e. The number of anilines is 1. The summed E-state index contributed by atoms with van der Waals surface area (Å²) in [4.78, 5) is 2.27. The molecule has 0 aromatic carbocycles. The number of hydrogen-bond donors (Lipinski definition) is 2. The van der Waals surface area contributed by atoms with Crippen molar-refractivity contribution in [2.75, 3.05) is 23.7 Å². The minimum absolute atomic E-state index is 0.122. The SMILES string of the molecule is Cc1nn(C)c(N2CCSC(C)(C)C2)c1C(N)=NO. The Morgan fingerprint density at radius 1 is 1.53 bits per heavy atom. The van der Waals surface area contributed by atoms with Crippen LogP contribution in [0.2, 0.25) is 0 Å². The normalized spacial score (nSPS) is 19.8. The van der Waals surface area contributed by atoms with Crippen molar-refractivity contribution in [1.82, 2.24) is 9.78 Å².